The standard InChI is InChI=1S/C15H31NO2/c1-4-5-6-7-8-9-10-11-12-13-16(14(2)17)15(3)18/h12-15,17-18H,4-11H2,1-3H3. The molecule has 0 aromatic carbocycles. The lowest BCUT2D eigenvalue weighted by molar-refractivity contribution is -0.0513. The van der Waals surface area contributed by atoms with Crippen molar-refractivity contribution in [2.45, 2.75) is 84.6 Å². The highest BCUT2D eigenvalue weighted by Crippen LogP contribution is 2.09. The summed E-state index contributed by atoms with van der Waals surface area (Å²) >= 11 is 0. The van der Waals surface area contributed by atoms with Crippen molar-refractivity contribution in [3.05, 3.63) is 12.3 Å². The zero-order valence-corrected chi connectivity index (χ0v) is 12.3. The average molecular weight is 257 g/mol. The van der Waals surface area contributed by atoms with Gasteiger partial charge in [-0.1, -0.05) is 51.5 Å². The molecule has 0 heterocycles. The fourth-order valence-corrected chi connectivity index (χ4v) is 1.98. The van der Waals surface area contributed by atoms with E-state index < -0.39 is 12.5 Å². The largest absolute Gasteiger partial charge is 0.374 e. The van der Waals surface area contributed by atoms with Crippen LogP contribution in [0.1, 0.15) is 72.1 Å². The van der Waals surface area contributed by atoms with E-state index in [9.17, 15) is 10.2 Å². The molecule has 0 spiro atoms. The van der Waals surface area contributed by atoms with Crippen LogP contribution >= 0.6 is 0 Å². The van der Waals surface area contributed by atoms with Crippen LogP contribution in [-0.2, 0) is 0 Å². The van der Waals surface area contributed by atoms with Crippen molar-refractivity contribution < 1.29 is 10.2 Å². The lowest BCUT2D eigenvalue weighted by atomic mass is 10.1. The number of hydrogen-bond donors (Lipinski definition) is 2. The maximum atomic E-state index is 9.42. The summed E-state index contributed by atoms with van der Waals surface area (Å²) in [5.41, 5.74) is 0. The minimum atomic E-state index is -0.643. The van der Waals surface area contributed by atoms with Crippen molar-refractivity contribution in [2.24, 2.45) is 0 Å². The van der Waals surface area contributed by atoms with Crippen LogP contribution in [-0.4, -0.2) is 27.6 Å². The number of hydrogen-bond acceptors (Lipinski definition) is 3. The Labute approximate surface area is 113 Å². The number of allylic oxidation sites excluding steroid dienone is 1. The van der Waals surface area contributed by atoms with Gasteiger partial charge >= 0.3 is 0 Å². The summed E-state index contributed by atoms with van der Waals surface area (Å²) in [5, 5.41) is 18.8. The Morgan fingerprint density at radius 2 is 1.39 bits per heavy atom. The smallest absolute Gasteiger partial charge is 0.125 e. The van der Waals surface area contributed by atoms with Gasteiger partial charge in [-0.2, -0.15) is 0 Å². The molecule has 0 aliphatic carbocycles. The maximum absolute atomic E-state index is 9.42. The number of aliphatic hydroxyl groups is 2. The van der Waals surface area contributed by atoms with Gasteiger partial charge in [0.25, 0.3) is 0 Å². The van der Waals surface area contributed by atoms with Gasteiger partial charge in [0.2, 0.25) is 0 Å². The molecular weight excluding hydrogens is 226 g/mol. The number of aliphatic hydroxyl groups excluding tert-OH is 2. The predicted molar refractivity (Wildman–Crippen MR) is 77.0 cm³/mol. The van der Waals surface area contributed by atoms with Crippen LogP contribution in [0, 0.1) is 0 Å². The Bertz CT molecular complexity index is 195. The van der Waals surface area contributed by atoms with Crippen LogP contribution in [0.15, 0.2) is 12.3 Å². The topological polar surface area (TPSA) is 43.7 Å². The average Bonchev–Trinajstić information content (AvgIpc) is 2.30. The molecule has 0 rings (SSSR count). The van der Waals surface area contributed by atoms with E-state index in [1.807, 2.05) is 6.08 Å². The SMILES string of the molecule is CCCCCCCCCC=CN(C(C)O)C(C)O. The van der Waals surface area contributed by atoms with Crippen LogP contribution in [0.25, 0.3) is 0 Å². The highest BCUT2D eigenvalue weighted by molar-refractivity contribution is 4.83. The van der Waals surface area contributed by atoms with Crippen molar-refractivity contribution in [2.75, 3.05) is 0 Å². The first-order chi connectivity index (χ1) is 8.59. The van der Waals surface area contributed by atoms with Crippen LogP contribution < -0.4 is 0 Å². The first-order valence-corrected chi connectivity index (χ1v) is 7.39. The molecule has 3 heteroatoms. The highest BCUT2D eigenvalue weighted by Gasteiger charge is 2.10. The number of rotatable bonds is 11. The minimum absolute atomic E-state index is 0.643. The third-order valence-electron chi connectivity index (χ3n) is 3.11. The van der Waals surface area contributed by atoms with Crippen molar-refractivity contribution in [3.8, 4) is 0 Å². The predicted octanol–water partition coefficient (Wildman–Crippen LogP) is 3.62. The van der Waals surface area contributed by atoms with Gasteiger partial charge in [0.1, 0.15) is 12.5 Å². The second kappa shape index (κ2) is 11.5. The van der Waals surface area contributed by atoms with E-state index in [2.05, 4.69) is 6.92 Å². The molecule has 0 amide bonds. The molecule has 2 unspecified atom stereocenters. The van der Waals surface area contributed by atoms with E-state index >= 15 is 0 Å². The van der Waals surface area contributed by atoms with Gasteiger partial charge in [-0.15, -0.1) is 0 Å². The second-order valence-electron chi connectivity index (χ2n) is 5.01. The third kappa shape index (κ3) is 9.49. The van der Waals surface area contributed by atoms with Gasteiger partial charge in [-0.3, -0.25) is 0 Å². The molecule has 2 atom stereocenters. The van der Waals surface area contributed by atoms with Crippen molar-refractivity contribution in [1.29, 1.82) is 0 Å². The van der Waals surface area contributed by atoms with Crippen LogP contribution in [0.4, 0.5) is 0 Å². The van der Waals surface area contributed by atoms with Crippen molar-refractivity contribution >= 4 is 0 Å². The molecule has 3 nitrogen and oxygen atoms in total. The van der Waals surface area contributed by atoms with Crippen molar-refractivity contribution in [3.63, 3.8) is 0 Å². The van der Waals surface area contributed by atoms with E-state index in [0.717, 1.165) is 6.42 Å². The summed E-state index contributed by atoms with van der Waals surface area (Å²) in [6.45, 7) is 5.55. The third-order valence-corrected chi connectivity index (χ3v) is 3.11. The van der Waals surface area contributed by atoms with Crippen LogP contribution in [0.5, 0.6) is 0 Å². The number of nitrogens with zero attached hydrogens (tertiary/aromatic N) is 1. The van der Waals surface area contributed by atoms with E-state index in [4.69, 9.17) is 0 Å². The molecular formula is C15H31NO2. The Hall–Kier alpha value is -0.540. The summed E-state index contributed by atoms with van der Waals surface area (Å²) in [6.07, 6.45) is 12.7. The molecule has 0 aromatic heterocycles. The second-order valence-corrected chi connectivity index (χ2v) is 5.01. The Kier molecular flexibility index (Phi) is 11.2. The molecule has 18 heavy (non-hydrogen) atoms. The quantitative estimate of drug-likeness (QED) is 0.439. The first-order valence-electron chi connectivity index (χ1n) is 7.39. The molecule has 0 saturated heterocycles. The molecule has 0 radical (unpaired) electrons. The lowest BCUT2D eigenvalue weighted by Gasteiger charge is -2.26. The summed E-state index contributed by atoms with van der Waals surface area (Å²) < 4.78 is 0. The maximum Gasteiger partial charge on any atom is 0.125 e. The summed E-state index contributed by atoms with van der Waals surface area (Å²) in [6, 6.07) is 0. The molecule has 0 fully saturated rings. The van der Waals surface area contributed by atoms with Gasteiger partial charge in [0, 0.05) is 6.20 Å². The molecule has 0 aliphatic rings. The molecule has 0 saturated carbocycles. The normalized spacial score (nSPS) is 14.9. The molecule has 0 aromatic rings. The Morgan fingerprint density at radius 1 is 0.889 bits per heavy atom. The van der Waals surface area contributed by atoms with E-state index in [0.29, 0.717) is 0 Å². The van der Waals surface area contributed by atoms with E-state index in [1.165, 1.54) is 44.9 Å². The molecule has 0 bridgehead atoms. The molecule has 108 valence electrons. The van der Waals surface area contributed by atoms with E-state index in [-0.39, 0.29) is 0 Å². The van der Waals surface area contributed by atoms with E-state index in [1.54, 1.807) is 24.9 Å². The van der Waals surface area contributed by atoms with Gasteiger partial charge in [-0.25, -0.2) is 0 Å². The highest BCUT2D eigenvalue weighted by atomic mass is 16.3. The van der Waals surface area contributed by atoms with Gasteiger partial charge < -0.3 is 15.1 Å². The minimum Gasteiger partial charge on any atom is -0.374 e. The van der Waals surface area contributed by atoms with Crippen molar-refractivity contribution in [1.82, 2.24) is 4.90 Å². The monoisotopic (exact) mass is 257 g/mol. The van der Waals surface area contributed by atoms with Gasteiger partial charge in [-0.05, 0) is 26.7 Å². The fourth-order valence-electron chi connectivity index (χ4n) is 1.98. The Balaban J connectivity index is 3.52. The van der Waals surface area contributed by atoms with Crippen LogP contribution in [0.3, 0.4) is 0 Å². The zero-order chi connectivity index (χ0) is 13.8. The summed E-state index contributed by atoms with van der Waals surface area (Å²) in [4.78, 5) is 1.54. The summed E-state index contributed by atoms with van der Waals surface area (Å²) in [5.74, 6) is 0. The van der Waals surface area contributed by atoms with Crippen LogP contribution in [0.2, 0.25) is 0 Å². The molecule has 0 aliphatic heterocycles. The molecule has 2 N–H and O–H groups in total. The zero-order valence-electron chi connectivity index (χ0n) is 12.3. The number of unbranched alkanes of at least 4 members (excludes halogenated alkanes) is 7. The Morgan fingerprint density at radius 3 is 1.89 bits per heavy atom. The first kappa shape index (κ1) is 17.5. The van der Waals surface area contributed by atoms with Gasteiger partial charge in [0.05, 0.1) is 0 Å². The van der Waals surface area contributed by atoms with Gasteiger partial charge in [0.15, 0.2) is 0 Å². The summed E-state index contributed by atoms with van der Waals surface area (Å²) in [7, 11) is 0. The lowest BCUT2D eigenvalue weighted by Crippen LogP contribution is -2.35. The fraction of sp³-hybridized carbons (Fsp3) is 0.867.